The zero-order valence-electron chi connectivity index (χ0n) is 12.3. The first-order valence-electron chi connectivity index (χ1n) is 6.50. The van der Waals surface area contributed by atoms with E-state index in [1.165, 1.54) is 0 Å². The number of rotatable bonds is 5. The quantitative estimate of drug-likeness (QED) is 0.874. The van der Waals surface area contributed by atoms with Crippen molar-refractivity contribution >= 4 is 22.5 Å². The van der Waals surface area contributed by atoms with E-state index in [4.69, 9.17) is 0 Å². The highest BCUT2D eigenvalue weighted by Crippen LogP contribution is 2.13. The van der Waals surface area contributed by atoms with Gasteiger partial charge in [0, 0.05) is 40.2 Å². The van der Waals surface area contributed by atoms with E-state index in [9.17, 15) is 14.1 Å². The summed E-state index contributed by atoms with van der Waals surface area (Å²) >= 11 is 0. The number of anilines is 1. The zero-order chi connectivity index (χ0) is 15.3. The molecule has 2 atom stereocenters. The second kappa shape index (κ2) is 7.40. The van der Waals surface area contributed by atoms with Crippen LogP contribution in [0.5, 0.6) is 0 Å². The fourth-order valence-electron chi connectivity index (χ4n) is 1.74. The van der Waals surface area contributed by atoms with Gasteiger partial charge in [0.1, 0.15) is 0 Å². The molecular weight excluding hydrogens is 276 g/mol. The average Bonchev–Trinajstić information content (AvgIpc) is 2.35. The molecule has 0 saturated carbocycles. The van der Waals surface area contributed by atoms with E-state index in [1.807, 2.05) is 13.8 Å². The SMILES string of the molecule is CC(O)CN(C(=O)Nc1ccc(S(C)=O)cc1)C(C)C. The molecule has 6 heteroatoms. The Morgan fingerprint density at radius 3 is 2.25 bits per heavy atom. The minimum absolute atomic E-state index is 0.00739. The Balaban J connectivity index is 2.75. The molecular formula is C14H22N2O3S. The molecule has 2 unspecified atom stereocenters. The first kappa shape index (κ1) is 16.7. The van der Waals surface area contributed by atoms with Crippen LogP contribution >= 0.6 is 0 Å². The molecule has 0 aliphatic rings. The molecule has 2 amide bonds. The number of carbonyl (C=O) groups excluding carboxylic acids is 1. The molecule has 5 nitrogen and oxygen atoms in total. The smallest absolute Gasteiger partial charge is 0.322 e. The summed E-state index contributed by atoms with van der Waals surface area (Å²) < 4.78 is 11.3. The summed E-state index contributed by atoms with van der Waals surface area (Å²) in [6.07, 6.45) is 1.03. The largest absolute Gasteiger partial charge is 0.392 e. The molecule has 0 spiro atoms. The van der Waals surface area contributed by atoms with Gasteiger partial charge in [0.25, 0.3) is 0 Å². The third-order valence-electron chi connectivity index (χ3n) is 2.78. The molecule has 0 aromatic heterocycles. The lowest BCUT2D eigenvalue weighted by Crippen LogP contribution is -2.43. The summed E-state index contributed by atoms with van der Waals surface area (Å²) in [5.74, 6) is 0. The monoisotopic (exact) mass is 298 g/mol. The summed E-state index contributed by atoms with van der Waals surface area (Å²) in [4.78, 5) is 14.4. The fraction of sp³-hybridized carbons (Fsp3) is 0.500. The maximum absolute atomic E-state index is 12.2. The number of carbonyl (C=O) groups is 1. The van der Waals surface area contributed by atoms with Crippen LogP contribution in [0.25, 0.3) is 0 Å². The normalized spacial score (nSPS) is 13.9. The van der Waals surface area contributed by atoms with E-state index in [1.54, 1.807) is 42.3 Å². The lowest BCUT2D eigenvalue weighted by atomic mass is 10.3. The van der Waals surface area contributed by atoms with Gasteiger partial charge in [0.15, 0.2) is 0 Å². The third-order valence-corrected chi connectivity index (χ3v) is 3.72. The lowest BCUT2D eigenvalue weighted by molar-refractivity contribution is 0.125. The van der Waals surface area contributed by atoms with Crippen LogP contribution in [-0.2, 0) is 10.8 Å². The molecule has 112 valence electrons. The lowest BCUT2D eigenvalue weighted by Gasteiger charge is -2.28. The predicted molar refractivity (Wildman–Crippen MR) is 81.3 cm³/mol. The fourth-order valence-corrected chi connectivity index (χ4v) is 2.26. The Labute approximate surface area is 122 Å². The highest BCUT2D eigenvalue weighted by molar-refractivity contribution is 7.84. The molecule has 0 aliphatic carbocycles. The number of urea groups is 1. The van der Waals surface area contributed by atoms with Gasteiger partial charge in [-0.05, 0) is 45.0 Å². The number of amides is 2. The summed E-state index contributed by atoms with van der Waals surface area (Å²) in [7, 11) is -1.03. The van der Waals surface area contributed by atoms with Crippen molar-refractivity contribution < 1.29 is 14.1 Å². The van der Waals surface area contributed by atoms with Crippen LogP contribution in [0.2, 0.25) is 0 Å². The van der Waals surface area contributed by atoms with Crippen molar-refractivity contribution in [3.05, 3.63) is 24.3 Å². The molecule has 0 aliphatic heterocycles. The standard InChI is InChI=1S/C14H22N2O3S/c1-10(2)16(9-11(3)17)14(18)15-12-5-7-13(8-6-12)20(4)19/h5-8,10-11,17H,9H2,1-4H3,(H,15,18). The van der Waals surface area contributed by atoms with E-state index in [2.05, 4.69) is 5.32 Å². The van der Waals surface area contributed by atoms with Crippen LogP contribution in [0.4, 0.5) is 10.5 Å². The summed E-state index contributed by atoms with van der Waals surface area (Å²) in [5, 5.41) is 12.2. The van der Waals surface area contributed by atoms with Crippen molar-refractivity contribution in [2.45, 2.75) is 37.8 Å². The van der Waals surface area contributed by atoms with Crippen molar-refractivity contribution in [1.29, 1.82) is 0 Å². The highest BCUT2D eigenvalue weighted by Gasteiger charge is 2.18. The predicted octanol–water partition coefficient (Wildman–Crippen LogP) is 2.05. The Morgan fingerprint density at radius 1 is 1.30 bits per heavy atom. The van der Waals surface area contributed by atoms with Gasteiger partial charge in [-0.25, -0.2) is 4.79 Å². The van der Waals surface area contributed by atoms with Crippen molar-refractivity contribution in [2.75, 3.05) is 18.1 Å². The zero-order valence-corrected chi connectivity index (χ0v) is 13.1. The maximum Gasteiger partial charge on any atom is 0.322 e. The molecule has 1 aromatic rings. The highest BCUT2D eigenvalue weighted by atomic mass is 32.2. The number of aliphatic hydroxyl groups excluding tert-OH is 1. The van der Waals surface area contributed by atoms with E-state index < -0.39 is 16.9 Å². The van der Waals surface area contributed by atoms with Gasteiger partial charge in [0.05, 0.1) is 6.10 Å². The van der Waals surface area contributed by atoms with Crippen molar-refractivity contribution in [1.82, 2.24) is 4.90 Å². The Hall–Kier alpha value is -1.40. The maximum atomic E-state index is 12.2. The minimum Gasteiger partial charge on any atom is -0.392 e. The van der Waals surface area contributed by atoms with Gasteiger partial charge in [-0.3, -0.25) is 4.21 Å². The number of nitrogens with one attached hydrogen (secondary N) is 1. The molecule has 20 heavy (non-hydrogen) atoms. The van der Waals surface area contributed by atoms with Crippen LogP contribution in [0.15, 0.2) is 29.2 Å². The van der Waals surface area contributed by atoms with Crippen LogP contribution < -0.4 is 5.32 Å². The van der Waals surface area contributed by atoms with E-state index in [0.717, 1.165) is 0 Å². The van der Waals surface area contributed by atoms with Gasteiger partial charge in [-0.2, -0.15) is 0 Å². The van der Waals surface area contributed by atoms with E-state index >= 15 is 0 Å². The number of benzene rings is 1. The van der Waals surface area contributed by atoms with Crippen LogP contribution in [0, 0.1) is 0 Å². The number of hydrogen-bond donors (Lipinski definition) is 2. The summed E-state index contributed by atoms with van der Waals surface area (Å²) in [5.41, 5.74) is 0.639. The van der Waals surface area contributed by atoms with E-state index in [-0.39, 0.29) is 18.6 Å². The second-order valence-electron chi connectivity index (χ2n) is 5.00. The summed E-state index contributed by atoms with van der Waals surface area (Å²) in [6.45, 7) is 5.71. The van der Waals surface area contributed by atoms with Gasteiger partial charge >= 0.3 is 6.03 Å². The van der Waals surface area contributed by atoms with Crippen molar-refractivity contribution in [3.63, 3.8) is 0 Å². The van der Waals surface area contributed by atoms with Crippen molar-refractivity contribution in [3.8, 4) is 0 Å². The molecule has 1 aromatic carbocycles. The topological polar surface area (TPSA) is 69.6 Å². The first-order valence-corrected chi connectivity index (χ1v) is 8.06. The molecule has 0 fully saturated rings. The average molecular weight is 298 g/mol. The molecule has 0 saturated heterocycles. The number of hydrogen-bond acceptors (Lipinski definition) is 3. The minimum atomic E-state index is -1.03. The Morgan fingerprint density at radius 2 is 1.85 bits per heavy atom. The second-order valence-corrected chi connectivity index (χ2v) is 6.38. The van der Waals surface area contributed by atoms with Crippen LogP contribution in [0.1, 0.15) is 20.8 Å². The number of nitrogens with zero attached hydrogens (tertiary/aromatic N) is 1. The van der Waals surface area contributed by atoms with Gasteiger partial charge in [-0.1, -0.05) is 0 Å². The van der Waals surface area contributed by atoms with E-state index in [0.29, 0.717) is 10.6 Å². The van der Waals surface area contributed by atoms with Crippen LogP contribution in [-0.4, -0.2) is 45.2 Å². The summed E-state index contributed by atoms with van der Waals surface area (Å²) in [6, 6.07) is 6.61. The van der Waals surface area contributed by atoms with Gasteiger partial charge in [-0.15, -0.1) is 0 Å². The van der Waals surface area contributed by atoms with Gasteiger partial charge in [0.2, 0.25) is 0 Å². The Kier molecular flexibility index (Phi) is 6.16. The molecule has 0 bridgehead atoms. The molecule has 0 radical (unpaired) electrons. The molecule has 2 N–H and O–H groups in total. The molecule has 0 heterocycles. The third kappa shape index (κ3) is 4.94. The van der Waals surface area contributed by atoms with Crippen molar-refractivity contribution in [2.24, 2.45) is 0 Å². The number of aliphatic hydroxyl groups is 1. The molecule has 1 rings (SSSR count). The van der Waals surface area contributed by atoms with Gasteiger partial charge < -0.3 is 15.3 Å². The van der Waals surface area contributed by atoms with Crippen LogP contribution in [0.3, 0.4) is 0 Å². The first-order chi connectivity index (χ1) is 9.31. The Bertz CT molecular complexity index is 472.